The normalized spacial score (nSPS) is 12.9. The van der Waals surface area contributed by atoms with Crippen molar-refractivity contribution in [1.29, 1.82) is 0 Å². The van der Waals surface area contributed by atoms with Crippen LogP contribution in [0, 0.1) is 0 Å². The average molecular weight is 358 g/mol. The number of aromatic hydroxyl groups is 1. The number of aliphatic imine (C=N–C) groups is 1. The Hall–Kier alpha value is -3.80. The summed E-state index contributed by atoms with van der Waals surface area (Å²) in [5, 5.41) is 10.2. The Labute approximate surface area is 154 Å². The molecule has 0 radical (unpaired) electrons. The number of benzene rings is 3. The summed E-state index contributed by atoms with van der Waals surface area (Å²) < 4.78 is 16.4. The third-order valence-corrected chi connectivity index (χ3v) is 4.26. The number of hydrogen-bond acceptors (Lipinski definition) is 6. The van der Waals surface area contributed by atoms with Crippen LogP contribution in [0.25, 0.3) is 22.6 Å². The molecule has 27 heavy (non-hydrogen) atoms. The van der Waals surface area contributed by atoms with E-state index in [1.54, 1.807) is 24.4 Å². The van der Waals surface area contributed by atoms with Crippen LogP contribution in [0.1, 0.15) is 5.56 Å². The molecule has 0 amide bonds. The quantitative estimate of drug-likeness (QED) is 0.538. The molecule has 6 heteroatoms. The minimum atomic E-state index is 0.0867. The van der Waals surface area contributed by atoms with Crippen molar-refractivity contribution >= 4 is 23.0 Å². The second-order valence-electron chi connectivity index (χ2n) is 6.06. The third kappa shape index (κ3) is 2.87. The van der Waals surface area contributed by atoms with Crippen molar-refractivity contribution < 1.29 is 19.0 Å². The topological polar surface area (TPSA) is 77.1 Å². The Kier molecular flexibility index (Phi) is 3.53. The molecule has 0 fully saturated rings. The standard InChI is InChI=1S/C21H14N2O4/c24-17-7-6-14(22-11-13-5-8-19-20(9-13)26-12-25-19)10-15(17)21-23-16-3-1-2-4-18(16)27-21/h1-11,24H,12H2. The molecule has 0 bridgehead atoms. The summed E-state index contributed by atoms with van der Waals surface area (Å²) in [6, 6.07) is 18.1. The van der Waals surface area contributed by atoms with E-state index < -0.39 is 0 Å². The lowest BCUT2D eigenvalue weighted by atomic mass is 10.1. The fraction of sp³-hybridized carbons (Fsp3) is 0.0476. The van der Waals surface area contributed by atoms with Gasteiger partial charge in [-0.1, -0.05) is 12.1 Å². The van der Waals surface area contributed by atoms with E-state index in [4.69, 9.17) is 13.9 Å². The van der Waals surface area contributed by atoms with Gasteiger partial charge in [0.2, 0.25) is 12.7 Å². The number of rotatable bonds is 3. The molecule has 0 atom stereocenters. The van der Waals surface area contributed by atoms with Crippen molar-refractivity contribution in [3.05, 3.63) is 66.2 Å². The number of phenols is 1. The van der Waals surface area contributed by atoms with Crippen molar-refractivity contribution in [2.24, 2.45) is 4.99 Å². The lowest BCUT2D eigenvalue weighted by Gasteiger charge is -2.02. The maximum atomic E-state index is 10.2. The molecule has 0 spiro atoms. The molecule has 2 heterocycles. The molecule has 0 aliphatic carbocycles. The first-order chi connectivity index (χ1) is 13.3. The Morgan fingerprint density at radius 2 is 1.85 bits per heavy atom. The highest BCUT2D eigenvalue weighted by molar-refractivity contribution is 5.84. The molecule has 1 aliphatic heterocycles. The highest BCUT2D eigenvalue weighted by atomic mass is 16.7. The third-order valence-electron chi connectivity index (χ3n) is 4.26. The van der Waals surface area contributed by atoms with E-state index in [0.717, 1.165) is 16.8 Å². The average Bonchev–Trinajstić information content (AvgIpc) is 3.33. The van der Waals surface area contributed by atoms with Crippen molar-refractivity contribution in [3.8, 4) is 28.7 Å². The first-order valence-electron chi connectivity index (χ1n) is 8.39. The van der Waals surface area contributed by atoms with Gasteiger partial charge in [0.15, 0.2) is 17.1 Å². The molecule has 1 N–H and O–H groups in total. The van der Waals surface area contributed by atoms with Gasteiger partial charge < -0.3 is 19.0 Å². The van der Waals surface area contributed by atoms with Crippen LogP contribution in [0.3, 0.4) is 0 Å². The van der Waals surface area contributed by atoms with Gasteiger partial charge in [0.25, 0.3) is 0 Å². The lowest BCUT2D eigenvalue weighted by Crippen LogP contribution is -1.92. The van der Waals surface area contributed by atoms with E-state index in [9.17, 15) is 5.11 Å². The molecule has 0 unspecified atom stereocenters. The van der Waals surface area contributed by atoms with E-state index in [0.29, 0.717) is 28.5 Å². The van der Waals surface area contributed by atoms with Crippen molar-refractivity contribution in [1.82, 2.24) is 4.98 Å². The van der Waals surface area contributed by atoms with Gasteiger partial charge in [0, 0.05) is 6.21 Å². The van der Waals surface area contributed by atoms with Gasteiger partial charge in [-0.2, -0.15) is 0 Å². The van der Waals surface area contributed by atoms with Crippen LogP contribution in [-0.2, 0) is 0 Å². The van der Waals surface area contributed by atoms with Gasteiger partial charge in [-0.25, -0.2) is 4.98 Å². The molecule has 4 aromatic rings. The Balaban J connectivity index is 1.48. The first-order valence-corrected chi connectivity index (χ1v) is 8.39. The number of phenolic OH excluding ortho intramolecular Hbond substituents is 1. The maximum absolute atomic E-state index is 10.2. The van der Waals surface area contributed by atoms with Crippen LogP contribution in [0.2, 0.25) is 0 Å². The highest BCUT2D eigenvalue weighted by Crippen LogP contribution is 2.35. The minimum Gasteiger partial charge on any atom is -0.507 e. The van der Waals surface area contributed by atoms with E-state index in [-0.39, 0.29) is 12.5 Å². The van der Waals surface area contributed by atoms with Crippen LogP contribution in [-0.4, -0.2) is 23.1 Å². The number of ether oxygens (including phenoxy) is 2. The zero-order chi connectivity index (χ0) is 18.2. The largest absolute Gasteiger partial charge is 0.507 e. The van der Waals surface area contributed by atoms with Crippen LogP contribution < -0.4 is 9.47 Å². The summed E-state index contributed by atoms with van der Waals surface area (Å²) >= 11 is 0. The van der Waals surface area contributed by atoms with E-state index >= 15 is 0 Å². The molecule has 3 aromatic carbocycles. The van der Waals surface area contributed by atoms with E-state index in [1.165, 1.54) is 0 Å². The second-order valence-corrected chi connectivity index (χ2v) is 6.06. The van der Waals surface area contributed by atoms with Crippen molar-refractivity contribution in [3.63, 3.8) is 0 Å². The zero-order valence-electron chi connectivity index (χ0n) is 14.1. The van der Waals surface area contributed by atoms with Gasteiger partial charge in [0.1, 0.15) is 11.3 Å². The predicted molar refractivity (Wildman–Crippen MR) is 101 cm³/mol. The molecular formula is C21H14N2O4. The lowest BCUT2D eigenvalue weighted by molar-refractivity contribution is 0.174. The smallest absolute Gasteiger partial charge is 0.231 e. The molecule has 0 saturated carbocycles. The highest BCUT2D eigenvalue weighted by Gasteiger charge is 2.14. The van der Waals surface area contributed by atoms with Gasteiger partial charge in [-0.3, -0.25) is 4.99 Å². The summed E-state index contributed by atoms with van der Waals surface area (Å²) in [5.74, 6) is 1.88. The first kappa shape index (κ1) is 15.5. The fourth-order valence-corrected chi connectivity index (χ4v) is 2.91. The van der Waals surface area contributed by atoms with Crippen LogP contribution in [0.5, 0.6) is 17.2 Å². The molecule has 6 nitrogen and oxygen atoms in total. The predicted octanol–water partition coefficient (Wildman–Crippen LogP) is 4.68. The number of para-hydroxylation sites is 2. The van der Waals surface area contributed by atoms with E-state index in [1.807, 2.05) is 42.5 Å². The number of hydrogen-bond donors (Lipinski definition) is 1. The van der Waals surface area contributed by atoms with Crippen LogP contribution >= 0.6 is 0 Å². The van der Waals surface area contributed by atoms with Crippen molar-refractivity contribution in [2.75, 3.05) is 6.79 Å². The molecule has 1 aliphatic rings. The molecule has 132 valence electrons. The molecule has 1 aromatic heterocycles. The van der Waals surface area contributed by atoms with Crippen LogP contribution in [0.15, 0.2) is 70.1 Å². The zero-order valence-corrected chi connectivity index (χ0v) is 14.1. The summed E-state index contributed by atoms with van der Waals surface area (Å²) in [6.07, 6.45) is 1.73. The Morgan fingerprint density at radius 1 is 0.963 bits per heavy atom. The second kappa shape index (κ2) is 6.17. The summed E-state index contributed by atoms with van der Waals surface area (Å²) in [6.45, 7) is 0.238. The summed E-state index contributed by atoms with van der Waals surface area (Å²) in [7, 11) is 0. The monoisotopic (exact) mass is 358 g/mol. The van der Waals surface area contributed by atoms with Gasteiger partial charge in [-0.15, -0.1) is 0 Å². The van der Waals surface area contributed by atoms with Gasteiger partial charge in [-0.05, 0) is 54.1 Å². The SMILES string of the molecule is Oc1ccc(N=Cc2ccc3c(c2)OCO3)cc1-c1nc2ccccc2o1. The fourth-order valence-electron chi connectivity index (χ4n) is 2.91. The molecule has 0 saturated heterocycles. The Morgan fingerprint density at radius 3 is 2.78 bits per heavy atom. The number of fused-ring (bicyclic) bond motifs is 2. The van der Waals surface area contributed by atoms with Crippen molar-refractivity contribution in [2.45, 2.75) is 0 Å². The Bertz CT molecular complexity index is 1150. The van der Waals surface area contributed by atoms with Gasteiger partial charge in [0.05, 0.1) is 11.3 Å². The summed E-state index contributed by atoms with van der Waals surface area (Å²) in [5.41, 5.74) is 3.45. The molecule has 5 rings (SSSR count). The summed E-state index contributed by atoms with van der Waals surface area (Å²) in [4.78, 5) is 8.91. The number of aromatic nitrogens is 1. The number of oxazole rings is 1. The molecular weight excluding hydrogens is 344 g/mol. The van der Waals surface area contributed by atoms with Gasteiger partial charge >= 0.3 is 0 Å². The van der Waals surface area contributed by atoms with Crippen LogP contribution in [0.4, 0.5) is 5.69 Å². The van der Waals surface area contributed by atoms with E-state index in [2.05, 4.69) is 9.98 Å². The number of nitrogens with zero attached hydrogens (tertiary/aromatic N) is 2. The maximum Gasteiger partial charge on any atom is 0.231 e. The minimum absolute atomic E-state index is 0.0867.